The molecule has 0 saturated heterocycles. The molecule has 0 radical (unpaired) electrons. The van der Waals surface area contributed by atoms with E-state index >= 15 is 0 Å². The van der Waals surface area contributed by atoms with Gasteiger partial charge in [0.05, 0.1) is 11.0 Å². The molecule has 178 valence electrons. The average Bonchev–Trinajstić information content (AvgIpc) is 3.12. The first-order valence-electron chi connectivity index (χ1n) is 12.3. The van der Waals surface area contributed by atoms with Crippen LogP contribution in [0, 0.1) is 5.92 Å². The standard InChI is InChI=1S/C26H42N4O2/c1-7-20(5)30(21(6)8-2)25(31)18-29-23-15-12-11-14-22(23)28-24(29)16-10-9-13-17-27-26(32)19(3)4/h11-12,14-15,19-21H,7-10,13,16-18H2,1-6H3,(H,27,32). The molecule has 0 saturated carbocycles. The van der Waals surface area contributed by atoms with Gasteiger partial charge in [0.15, 0.2) is 0 Å². The van der Waals surface area contributed by atoms with Crippen molar-refractivity contribution >= 4 is 22.8 Å². The van der Waals surface area contributed by atoms with Gasteiger partial charge in [0.1, 0.15) is 12.4 Å². The minimum Gasteiger partial charge on any atom is -0.356 e. The number of amides is 2. The molecule has 0 aliphatic heterocycles. The predicted octanol–water partition coefficient (Wildman–Crippen LogP) is 4.95. The number of fused-ring (bicyclic) bond motifs is 1. The molecule has 2 amide bonds. The Morgan fingerprint density at radius 3 is 2.28 bits per heavy atom. The van der Waals surface area contributed by atoms with Gasteiger partial charge in [-0.05, 0) is 51.7 Å². The van der Waals surface area contributed by atoms with Crippen LogP contribution < -0.4 is 5.32 Å². The van der Waals surface area contributed by atoms with Crippen LogP contribution in [0.3, 0.4) is 0 Å². The Morgan fingerprint density at radius 1 is 1.00 bits per heavy atom. The maximum Gasteiger partial charge on any atom is 0.243 e. The molecule has 0 aliphatic carbocycles. The zero-order valence-electron chi connectivity index (χ0n) is 20.9. The highest BCUT2D eigenvalue weighted by Crippen LogP contribution is 2.20. The first-order chi connectivity index (χ1) is 15.3. The molecule has 0 fully saturated rings. The van der Waals surface area contributed by atoms with E-state index in [-0.39, 0.29) is 29.8 Å². The lowest BCUT2D eigenvalue weighted by Gasteiger charge is -2.34. The fraction of sp³-hybridized carbons (Fsp3) is 0.654. The molecule has 1 N–H and O–H groups in total. The quantitative estimate of drug-likeness (QED) is 0.447. The van der Waals surface area contributed by atoms with E-state index in [0.29, 0.717) is 13.1 Å². The predicted molar refractivity (Wildman–Crippen MR) is 131 cm³/mol. The lowest BCUT2D eigenvalue weighted by atomic mass is 10.1. The summed E-state index contributed by atoms with van der Waals surface area (Å²) in [5.74, 6) is 1.27. The summed E-state index contributed by atoms with van der Waals surface area (Å²) in [6.07, 6.45) is 5.67. The number of carbonyl (C=O) groups excluding carboxylic acids is 2. The van der Waals surface area contributed by atoms with Gasteiger partial charge in [-0.3, -0.25) is 9.59 Å². The Hall–Kier alpha value is -2.37. The van der Waals surface area contributed by atoms with E-state index in [1.165, 1.54) is 0 Å². The van der Waals surface area contributed by atoms with Crippen LogP contribution in [0.5, 0.6) is 0 Å². The number of rotatable bonds is 13. The van der Waals surface area contributed by atoms with E-state index in [2.05, 4.69) is 48.5 Å². The third kappa shape index (κ3) is 6.81. The number of nitrogens with zero attached hydrogens (tertiary/aromatic N) is 3. The highest BCUT2D eigenvalue weighted by atomic mass is 16.2. The molecule has 6 heteroatoms. The zero-order chi connectivity index (χ0) is 23.7. The summed E-state index contributed by atoms with van der Waals surface area (Å²) in [4.78, 5) is 32.0. The zero-order valence-corrected chi connectivity index (χ0v) is 20.9. The van der Waals surface area contributed by atoms with Crippen molar-refractivity contribution in [2.75, 3.05) is 6.54 Å². The molecule has 2 unspecified atom stereocenters. The van der Waals surface area contributed by atoms with Crippen molar-refractivity contribution < 1.29 is 9.59 Å². The second-order valence-corrected chi connectivity index (χ2v) is 9.17. The van der Waals surface area contributed by atoms with Crippen LogP contribution >= 0.6 is 0 Å². The molecule has 2 aromatic rings. The number of imidazole rings is 1. The van der Waals surface area contributed by atoms with Gasteiger partial charge < -0.3 is 14.8 Å². The van der Waals surface area contributed by atoms with Crippen molar-refractivity contribution in [3.05, 3.63) is 30.1 Å². The SMILES string of the molecule is CCC(C)N(C(=O)Cn1c(CCCCCNC(=O)C(C)C)nc2ccccc21)C(C)CC. The molecule has 6 nitrogen and oxygen atoms in total. The highest BCUT2D eigenvalue weighted by Gasteiger charge is 2.25. The Balaban J connectivity index is 2.08. The summed E-state index contributed by atoms with van der Waals surface area (Å²) in [5.41, 5.74) is 1.96. The summed E-state index contributed by atoms with van der Waals surface area (Å²) in [6.45, 7) is 13.4. The van der Waals surface area contributed by atoms with Gasteiger partial charge in [0.25, 0.3) is 0 Å². The number of carbonyl (C=O) groups is 2. The number of hydrogen-bond acceptors (Lipinski definition) is 3. The fourth-order valence-corrected chi connectivity index (χ4v) is 4.03. The van der Waals surface area contributed by atoms with E-state index in [1.807, 2.05) is 32.0 Å². The normalized spacial score (nSPS) is 13.3. The monoisotopic (exact) mass is 442 g/mol. The number of aryl methyl sites for hydroxylation is 1. The van der Waals surface area contributed by atoms with Gasteiger partial charge in [-0.2, -0.15) is 0 Å². The molecular weight excluding hydrogens is 400 g/mol. The highest BCUT2D eigenvalue weighted by molar-refractivity contribution is 5.81. The fourth-order valence-electron chi connectivity index (χ4n) is 4.03. The third-order valence-corrected chi connectivity index (χ3v) is 6.35. The van der Waals surface area contributed by atoms with E-state index in [9.17, 15) is 9.59 Å². The van der Waals surface area contributed by atoms with Crippen LogP contribution in [0.15, 0.2) is 24.3 Å². The molecule has 1 aromatic carbocycles. The number of para-hydroxylation sites is 2. The summed E-state index contributed by atoms with van der Waals surface area (Å²) >= 11 is 0. The first-order valence-corrected chi connectivity index (χ1v) is 12.3. The first kappa shape index (κ1) is 25.9. The third-order valence-electron chi connectivity index (χ3n) is 6.35. The van der Waals surface area contributed by atoms with Crippen LogP contribution in [-0.2, 0) is 22.6 Å². The van der Waals surface area contributed by atoms with Crippen molar-refractivity contribution in [3.8, 4) is 0 Å². The van der Waals surface area contributed by atoms with Crippen molar-refractivity contribution in [2.45, 2.75) is 98.7 Å². The van der Waals surface area contributed by atoms with Crippen molar-refractivity contribution in [1.29, 1.82) is 0 Å². The second-order valence-electron chi connectivity index (χ2n) is 9.17. The van der Waals surface area contributed by atoms with Gasteiger partial charge in [-0.25, -0.2) is 4.98 Å². The summed E-state index contributed by atoms with van der Waals surface area (Å²) in [6, 6.07) is 8.51. The summed E-state index contributed by atoms with van der Waals surface area (Å²) in [7, 11) is 0. The van der Waals surface area contributed by atoms with Gasteiger partial charge >= 0.3 is 0 Å². The molecule has 1 heterocycles. The number of hydrogen-bond donors (Lipinski definition) is 1. The lowest BCUT2D eigenvalue weighted by molar-refractivity contribution is -0.136. The van der Waals surface area contributed by atoms with Crippen LogP contribution in [0.4, 0.5) is 0 Å². The van der Waals surface area contributed by atoms with E-state index in [4.69, 9.17) is 4.98 Å². The summed E-state index contributed by atoms with van der Waals surface area (Å²) in [5, 5.41) is 2.97. The van der Waals surface area contributed by atoms with Crippen LogP contribution in [-0.4, -0.2) is 44.9 Å². The maximum absolute atomic E-state index is 13.4. The number of nitrogens with one attached hydrogen (secondary N) is 1. The Bertz CT molecular complexity index is 864. The van der Waals surface area contributed by atoms with Gasteiger partial charge in [0, 0.05) is 31.0 Å². The van der Waals surface area contributed by atoms with Crippen LogP contribution in [0.1, 0.15) is 79.5 Å². The number of aromatic nitrogens is 2. The smallest absolute Gasteiger partial charge is 0.243 e. The van der Waals surface area contributed by atoms with Gasteiger partial charge in [-0.1, -0.05) is 46.2 Å². The second kappa shape index (κ2) is 12.6. The van der Waals surface area contributed by atoms with Gasteiger partial charge in [0.2, 0.25) is 11.8 Å². The van der Waals surface area contributed by atoms with E-state index in [0.717, 1.165) is 55.4 Å². The Labute approximate surface area is 193 Å². The largest absolute Gasteiger partial charge is 0.356 e. The van der Waals surface area contributed by atoms with E-state index < -0.39 is 0 Å². The summed E-state index contributed by atoms with van der Waals surface area (Å²) < 4.78 is 2.11. The Morgan fingerprint density at radius 2 is 1.66 bits per heavy atom. The minimum absolute atomic E-state index is 0.0258. The Kier molecular flexibility index (Phi) is 10.2. The molecule has 2 rings (SSSR count). The van der Waals surface area contributed by atoms with Crippen molar-refractivity contribution in [1.82, 2.24) is 19.8 Å². The molecule has 1 aromatic heterocycles. The van der Waals surface area contributed by atoms with Crippen molar-refractivity contribution in [2.24, 2.45) is 5.92 Å². The topological polar surface area (TPSA) is 67.2 Å². The maximum atomic E-state index is 13.4. The minimum atomic E-state index is 0.0258. The average molecular weight is 443 g/mol. The molecule has 0 aliphatic rings. The lowest BCUT2D eigenvalue weighted by Crippen LogP contribution is -2.45. The van der Waals surface area contributed by atoms with Crippen molar-refractivity contribution in [3.63, 3.8) is 0 Å². The molecular formula is C26H42N4O2. The number of benzene rings is 1. The molecule has 32 heavy (non-hydrogen) atoms. The molecule has 0 bridgehead atoms. The van der Waals surface area contributed by atoms with Crippen LogP contribution in [0.2, 0.25) is 0 Å². The number of unbranched alkanes of at least 4 members (excludes halogenated alkanes) is 2. The van der Waals surface area contributed by atoms with Gasteiger partial charge in [-0.15, -0.1) is 0 Å². The van der Waals surface area contributed by atoms with E-state index in [1.54, 1.807) is 0 Å². The van der Waals surface area contributed by atoms with Crippen LogP contribution in [0.25, 0.3) is 11.0 Å². The molecule has 2 atom stereocenters. The molecule has 0 spiro atoms.